The van der Waals surface area contributed by atoms with Crippen molar-refractivity contribution in [2.45, 2.75) is 53.1 Å². The van der Waals surface area contributed by atoms with E-state index in [9.17, 15) is 4.79 Å². The lowest BCUT2D eigenvalue weighted by Crippen LogP contribution is -2.41. The highest BCUT2D eigenvalue weighted by molar-refractivity contribution is 5.77. The van der Waals surface area contributed by atoms with Gasteiger partial charge >= 0.3 is 5.97 Å². The smallest absolute Gasteiger partial charge is 0.313 e. The summed E-state index contributed by atoms with van der Waals surface area (Å²) in [5.74, 6) is -0.184. The molecular formula is C13H27NO3. The zero-order valence-electron chi connectivity index (χ0n) is 11.6. The minimum absolute atomic E-state index is 0.175. The fourth-order valence-electron chi connectivity index (χ4n) is 1.87. The molecular weight excluding hydrogens is 218 g/mol. The van der Waals surface area contributed by atoms with Crippen LogP contribution >= 0.6 is 0 Å². The van der Waals surface area contributed by atoms with Gasteiger partial charge in [0.25, 0.3) is 0 Å². The van der Waals surface area contributed by atoms with Crippen molar-refractivity contribution in [3.05, 3.63) is 0 Å². The fraction of sp³-hybridized carbons (Fsp3) is 0.923. The number of hydrogen-bond donors (Lipinski definition) is 1. The summed E-state index contributed by atoms with van der Waals surface area (Å²) in [7, 11) is 0. The van der Waals surface area contributed by atoms with Crippen LogP contribution in [-0.2, 0) is 14.3 Å². The highest BCUT2D eigenvalue weighted by atomic mass is 16.5. The van der Waals surface area contributed by atoms with E-state index in [1.165, 1.54) is 0 Å². The molecule has 4 heteroatoms. The molecule has 0 aliphatic rings. The molecule has 0 amide bonds. The molecule has 0 aliphatic carbocycles. The second kappa shape index (κ2) is 8.48. The van der Waals surface area contributed by atoms with Crippen LogP contribution in [0.5, 0.6) is 0 Å². The molecule has 1 atom stereocenters. The summed E-state index contributed by atoms with van der Waals surface area (Å²) in [5.41, 5.74) is 5.22. The number of rotatable bonds is 9. The van der Waals surface area contributed by atoms with Gasteiger partial charge in [0, 0.05) is 13.2 Å². The van der Waals surface area contributed by atoms with Crippen molar-refractivity contribution in [1.29, 1.82) is 0 Å². The van der Waals surface area contributed by atoms with Crippen LogP contribution in [0.15, 0.2) is 0 Å². The van der Waals surface area contributed by atoms with Crippen LogP contribution in [0.4, 0.5) is 0 Å². The molecule has 17 heavy (non-hydrogen) atoms. The van der Waals surface area contributed by atoms with E-state index in [1.54, 1.807) is 0 Å². The van der Waals surface area contributed by atoms with Gasteiger partial charge in [-0.25, -0.2) is 0 Å². The topological polar surface area (TPSA) is 61.5 Å². The Hall–Kier alpha value is -0.610. The minimum Gasteiger partial charge on any atom is -0.466 e. The van der Waals surface area contributed by atoms with Crippen molar-refractivity contribution in [3.8, 4) is 0 Å². The number of ether oxygens (including phenoxy) is 2. The van der Waals surface area contributed by atoms with E-state index >= 15 is 0 Å². The van der Waals surface area contributed by atoms with Crippen molar-refractivity contribution in [2.75, 3.05) is 19.8 Å². The Bertz CT molecular complexity index is 219. The Kier molecular flexibility index (Phi) is 8.17. The van der Waals surface area contributed by atoms with Gasteiger partial charge in [-0.15, -0.1) is 0 Å². The molecule has 0 spiro atoms. The van der Waals surface area contributed by atoms with E-state index in [4.69, 9.17) is 15.2 Å². The molecule has 0 rings (SSSR count). The molecule has 0 aromatic heterocycles. The summed E-state index contributed by atoms with van der Waals surface area (Å²) in [6.07, 6.45) is 2.48. The van der Waals surface area contributed by atoms with Crippen LogP contribution in [0.3, 0.4) is 0 Å². The molecule has 0 heterocycles. The van der Waals surface area contributed by atoms with E-state index < -0.39 is 5.41 Å². The summed E-state index contributed by atoms with van der Waals surface area (Å²) in [4.78, 5) is 12.0. The zero-order chi connectivity index (χ0) is 13.3. The predicted octanol–water partition coefficient (Wildman–Crippen LogP) is 2.11. The first-order valence-electron chi connectivity index (χ1n) is 6.51. The highest BCUT2D eigenvalue weighted by Gasteiger charge is 2.37. The summed E-state index contributed by atoms with van der Waals surface area (Å²) in [6, 6.07) is 0. The van der Waals surface area contributed by atoms with Crippen molar-refractivity contribution in [2.24, 2.45) is 11.1 Å². The van der Waals surface area contributed by atoms with Gasteiger partial charge in [0.2, 0.25) is 0 Å². The largest absolute Gasteiger partial charge is 0.466 e. The Morgan fingerprint density at radius 3 is 2.35 bits per heavy atom. The molecule has 1 unspecified atom stereocenters. The standard InChI is InChI=1S/C13H27NO3/c1-5-7-13(10-14,12(15)16-6-2)8-9-17-11(3)4/h11H,5-10,14H2,1-4H3. The van der Waals surface area contributed by atoms with Gasteiger partial charge in [-0.05, 0) is 33.6 Å². The second-order valence-corrected chi connectivity index (χ2v) is 4.62. The average Bonchev–Trinajstić information content (AvgIpc) is 2.27. The third kappa shape index (κ3) is 5.50. The van der Waals surface area contributed by atoms with Crippen LogP contribution < -0.4 is 5.73 Å². The van der Waals surface area contributed by atoms with Gasteiger partial charge in [0.1, 0.15) is 0 Å². The van der Waals surface area contributed by atoms with E-state index in [0.29, 0.717) is 26.2 Å². The Balaban J connectivity index is 4.51. The van der Waals surface area contributed by atoms with Crippen LogP contribution in [0, 0.1) is 5.41 Å². The van der Waals surface area contributed by atoms with Crippen LogP contribution in [0.2, 0.25) is 0 Å². The molecule has 0 aliphatic heterocycles. The van der Waals surface area contributed by atoms with E-state index in [-0.39, 0.29) is 12.1 Å². The molecule has 0 radical (unpaired) electrons. The molecule has 0 saturated heterocycles. The first-order valence-corrected chi connectivity index (χ1v) is 6.51. The number of nitrogens with two attached hydrogens (primary N) is 1. The lowest BCUT2D eigenvalue weighted by molar-refractivity contribution is -0.157. The van der Waals surface area contributed by atoms with Crippen molar-refractivity contribution in [1.82, 2.24) is 0 Å². The summed E-state index contributed by atoms with van der Waals surface area (Å²) < 4.78 is 10.6. The first kappa shape index (κ1) is 16.4. The van der Waals surface area contributed by atoms with E-state index in [0.717, 1.165) is 12.8 Å². The summed E-state index contributed by atoms with van der Waals surface area (Å²) in [5, 5.41) is 0. The second-order valence-electron chi connectivity index (χ2n) is 4.62. The van der Waals surface area contributed by atoms with Gasteiger partial charge in [-0.3, -0.25) is 4.79 Å². The van der Waals surface area contributed by atoms with Gasteiger partial charge in [-0.1, -0.05) is 13.3 Å². The summed E-state index contributed by atoms with van der Waals surface area (Å²) in [6.45, 7) is 9.09. The van der Waals surface area contributed by atoms with Gasteiger partial charge < -0.3 is 15.2 Å². The third-order valence-electron chi connectivity index (χ3n) is 2.86. The first-order chi connectivity index (χ1) is 8.02. The van der Waals surface area contributed by atoms with E-state index in [2.05, 4.69) is 0 Å². The molecule has 0 fully saturated rings. The van der Waals surface area contributed by atoms with Crippen LogP contribution in [0.1, 0.15) is 47.0 Å². The minimum atomic E-state index is -0.570. The Morgan fingerprint density at radius 1 is 1.29 bits per heavy atom. The Labute approximate surface area is 105 Å². The number of carbonyl (C=O) groups excluding carboxylic acids is 1. The predicted molar refractivity (Wildman–Crippen MR) is 68.7 cm³/mol. The molecule has 4 nitrogen and oxygen atoms in total. The number of hydrogen-bond acceptors (Lipinski definition) is 4. The van der Waals surface area contributed by atoms with Gasteiger partial charge in [0.05, 0.1) is 18.1 Å². The normalized spacial score (nSPS) is 14.7. The molecule has 2 N–H and O–H groups in total. The van der Waals surface area contributed by atoms with Crippen molar-refractivity contribution >= 4 is 5.97 Å². The SMILES string of the molecule is CCCC(CN)(CCOC(C)C)C(=O)OCC. The van der Waals surface area contributed by atoms with Crippen LogP contribution in [-0.4, -0.2) is 31.8 Å². The maximum absolute atomic E-state index is 12.0. The van der Waals surface area contributed by atoms with Crippen LogP contribution in [0.25, 0.3) is 0 Å². The molecule has 0 saturated carbocycles. The lowest BCUT2D eigenvalue weighted by atomic mass is 9.80. The maximum atomic E-state index is 12.0. The molecule has 0 aromatic rings. The third-order valence-corrected chi connectivity index (χ3v) is 2.86. The lowest BCUT2D eigenvalue weighted by Gasteiger charge is -2.30. The van der Waals surface area contributed by atoms with Crippen molar-refractivity contribution in [3.63, 3.8) is 0 Å². The zero-order valence-corrected chi connectivity index (χ0v) is 11.6. The average molecular weight is 245 g/mol. The monoisotopic (exact) mass is 245 g/mol. The quantitative estimate of drug-likeness (QED) is 0.632. The highest BCUT2D eigenvalue weighted by Crippen LogP contribution is 2.29. The van der Waals surface area contributed by atoms with E-state index in [1.807, 2.05) is 27.7 Å². The Morgan fingerprint density at radius 2 is 1.94 bits per heavy atom. The number of esters is 1. The molecule has 0 bridgehead atoms. The molecule has 102 valence electrons. The van der Waals surface area contributed by atoms with Gasteiger partial charge in [0.15, 0.2) is 0 Å². The van der Waals surface area contributed by atoms with Gasteiger partial charge in [-0.2, -0.15) is 0 Å². The number of carbonyl (C=O) groups is 1. The van der Waals surface area contributed by atoms with Crippen molar-refractivity contribution < 1.29 is 14.3 Å². The fourth-order valence-corrected chi connectivity index (χ4v) is 1.87. The molecule has 0 aromatic carbocycles. The summed E-state index contributed by atoms with van der Waals surface area (Å²) >= 11 is 0. The maximum Gasteiger partial charge on any atom is 0.313 e.